The highest BCUT2D eigenvalue weighted by Crippen LogP contribution is 2.18. The summed E-state index contributed by atoms with van der Waals surface area (Å²) in [4.78, 5) is 47.6. The first kappa shape index (κ1) is 52.1. The molecule has 55 heavy (non-hydrogen) atoms. The van der Waals surface area contributed by atoms with Gasteiger partial charge in [0.05, 0.1) is 13.2 Å². The van der Waals surface area contributed by atoms with Crippen molar-refractivity contribution in [3.05, 3.63) is 36.5 Å². The summed E-state index contributed by atoms with van der Waals surface area (Å²) >= 11 is 0. The Hall–Kier alpha value is -2.94. The van der Waals surface area contributed by atoms with E-state index in [1.54, 1.807) is 0 Å². The molecule has 0 radical (unpaired) electrons. The molecule has 0 rings (SSSR count). The molecule has 2 amide bonds. The predicted octanol–water partition coefficient (Wildman–Crippen LogP) is 11.0. The van der Waals surface area contributed by atoms with Gasteiger partial charge in [-0.05, 0) is 89.9 Å². The van der Waals surface area contributed by atoms with E-state index in [2.05, 4.69) is 60.9 Å². The molecule has 0 saturated heterocycles. The fourth-order valence-corrected chi connectivity index (χ4v) is 6.39. The molecule has 4 N–H and O–H groups in total. The van der Waals surface area contributed by atoms with Gasteiger partial charge in [-0.25, -0.2) is 4.79 Å². The molecule has 0 heterocycles. The topological polar surface area (TPSA) is 142 Å². The van der Waals surface area contributed by atoms with E-state index in [1.807, 2.05) is 0 Å². The van der Waals surface area contributed by atoms with E-state index < -0.39 is 24.5 Å². The smallest absolute Gasteiger partial charge is 0.328 e. The number of carbonyl (C=O) groups excluding carboxylic acids is 3. The number of unbranched alkanes of at least 4 members (excludes halogenated alkanes) is 20. The summed E-state index contributed by atoms with van der Waals surface area (Å²) in [6.45, 7) is 3.45. The molecule has 318 valence electrons. The number of carboxylic acids is 1. The third kappa shape index (κ3) is 37.7. The van der Waals surface area contributed by atoms with Gasteiger partial charge < -0.3 is 25.6 Å². The molecule has 0 aliphatic heterocycles. The van der Waals surface area contributed by atoms with Crippen molar-refractivity contribution in [3.8, 4) is 0 Å². The van der Waals surface area contributed by atoms with Gasteiger partial charge in [-0.2, -0.15) is 0 Å². The molecule has 0 aromatic heterocycles. The molecule has 2 unspecified atom stereocenters. The van der Waals surface area contributed by atoms with Gasteiger partial charge in [0.15, 0.2) is 0 Å². The summed E-state index contributed by atoms with van der Waals surface area (Å²) in [6, 6.07) is -1.39. The molecule has 0 aromatic carbocycles. The molecule has 0 fully saturated rings. The van der Waals surface area contributed by atoms with Crippen molar-refractivity contribution < 1.29 is 34.1 Å². The van der Waals surface area contributed by atoms with E-state index >= 15 is 0 Å². The Balaban J connectivity index is 4.34. The Labute approximate surface area is 336 Å². The lowest BCUT2D eigenvalue weighted by Crippen LogP contribution is -2.47. The quantitative estimate of drug-likeness (QED) is 0.0276. The van der Waals surface area contributed by atoms with Crippen LogP contribution in [0.2, 0.25) is 0 Å². The minimum absolute atomic E-state index is 0.0595. The maximum atomic E-state index is 12.8. The standard InChI is InChI=1S/C46H82N2O7/c1-3-5-7-9-11-13-15-16-17-18-19-21-23-25-30-34-38-45(52)55-41(35-31-27-24-22-20-14-12-10-8-6-4-2)36-32-28-26-29-33-37-43(50)47-39-44(51)48-42(40-49)46(53)54/h12,14,17-18,22,24,41-42,49H,3-11,13,15-16,19-21,23,25-40H2,1-2H3,(H,47,50)(H,48,51)(H,53,54)/b14-12-,18-17-,24-22-. The predicted molar refractivity (Wildman–Crippen MR) is 227 cm³/mol. The largest absolute Gasteiger partial charge is 0.480 e. The maximum absolute atomic E-state index is 12.8. The van der Waals surface area contributed by atoms with Crippen molar-refractivity contribution in [2.75, 3.05) is 13.2 Å². The lowest BCUT2D eigenvalue weighted by Gasteiger charge is -2.18. The van der Waals surface area contributed by atoms with Gasteiger partial charge >= 0.3 is 11.9 Å². The molecule has 0 saturated carbocycles. The van der Waals surface area contributed by atoms with Crippen molar-refractivity contribution in [1.29, 1.82) is 0 Å². The van der Waals surface area contributed by atoms with Crippen LogP contribution >= 0.6 is 0 Å². The zero-order valence-electron chi connectivity index (χ0n) is 35.2. The van der Waals surface area contributed by atoms with Gasteiger partial charge in [0.2, 0.25) is 11.8 Å². The van der Waals surface area contributed by atoms with Crippen LogP contribution < -0.4 is 10.6 Å². The van der Waals surface area contributed by atoms with Crippen molar-refractivity contribution in [1.82, 2.24) is 10.6 Å². The number of esters is 1. The van der Waals surface area contributed by atoms with Gasteiger partial charge in [0.25, 0.3) is 0 Å². The fraction of sp³-hybridized carbons (Fsp3) is 0.783. The zero-order valence-corrected chi connectivity index (χ0v) is 35.2. The van der Waals surface area contributed by atoms with Gasteiger partial charge in [0, 0.05) is 12.8 Å². The lowest BCUT2D eigenvalue weighted by molar-refractivity contribution is -0.150. The van der Waals surface area contributed by atoms with E-state index in [4.69, 9.17) is 14.9 Å². The van der Waals surface area contributed by atoms with Crippen LogP contribution in [-0.2, 0) is 23.9 Å². The molecule has 0 aromatic rings. The highest BCUT2D eigenvalue weighted by atomic mass is 16.5. The monoisotopic (exact) mass is 775 g/mol. The van der Waals surface area contributed by atoms with Crippen molar-refractivity contribution in [2.24, 2.45) is 0 Å². The second kappa shape index (κ2) is 40.7. The number of nitrogens with one attached hydrogen (secondary N) is 2. The number of aliphatic hydroxyl groups is 1. The van der Waals surface area contributed by atoms with Gasteiger partial charge in [-0.1, -0.05) is 140 Å². The lowest BCUT2D eigenvalue weighted by atomic mass is 10.0. The first-order chi connectivity index (χ1) is 26.8. The zero-order chi connectivity index (χ0) is 40.5. The van der Waals surface area contributed by atoms with Crippen LogP contribution in [0.25, 0.3) is 0 Å². The summed E-state index contributed by atoms with van der Waals surface area (Å²) in [5, 5.41) is 22.5. The Morgan fingerprint density at radius 1 is 0.545 bits per heavy atom. The van der Waals surface area contributed by atoms with Gasteiger partial charge in [-0.15, -0.1) is 0 Å². The number of carboxylic acid groups (broad SMARTS) is 1. The van der Waals surface area contributed by atoms with E-state index in [9.17, 15) is 19.2 Å². The van der Waals surface area contributed by atoms with Crippen molar-refractivity contribution >= 4 is 23.8 Å². The van der Waals surface area contributed by atoms with Crippen LogP contribution in [-0.4, -0.2) is 59.3 Å². The molecular weight excluding hydrogens is 693 g/mol. The third-order valence-corrected chi connectivity index (χ3v) is 9.86. The van der Waals surface area contributed by atoms with Crippen LogP contribution in [0.15, 0.2) is 36.5 Å². The minimum atomic E-state index is -1.39. The first-order valence-electron chi connectivity index (χ1n) is 22.4. The molecule has 0 spiro atoms. The molecular formula is C46H82N2O7. The Morgan fingerprint density at radius 2 is 1.00 bits per heavy atom. The molecule has 0 bridgehead atoms. The van der Waals surface area contributed by atoms with Crippen molar-refractivity contribution in [3.63, 3.8) is 0 Å². The SMILES string of the molecule is CCCCC/C=C\C/C=C\CCCC(CCCCCCCC(=O)NCC(=O)NC(CO)C(=O)O)OC(=O)CCCCCCC/C=C\CCCCCCCCC. The van der Waals surface area contributed by atoms with E-state index in [0.29, 0.717) is 12.8 Å². The van der Waals surface area contributed by atoms with Crippen LogP contribution in [0.3, 0.4) is 0 Å². The van der Waals surface area contributed by atoms with Crippen molar-refractivity contribution in [2.45, 2.75) is 219 Å². The van der Waals surface area contributed by atoms with Crippen LogP contribution in [0.1, 0.15) is 206 Å². The van der Waals surface area contributed by atoms with Gasteiger partial charge in [0.1, 0.15) is 12.1 Å². The Morgan fingerprint density at radius 3 is 1.58 bits per heavy atom. The fourth-order valence-electron chi connectivity index (χ4n) is 6.39. The number of hydrogen-bond acceptors (Lipinski definition) is 6. The molecule has 0 aliphatic carbocycles. The third-order valence-electron chi connectivity index (χ3n) is 9.86. The number of amides is 2. The number of rotatable bonds is 40. The summed E-state index contributed by atoms with van der Waals surface area (Å²) in [7, 11) is 0. The maximum Gasteiger partial charge on any atom is 0.328 e. The number of allylic oxidation sites excluding steroid dienone is 6. The number of aliphatic carboxylic acids is 1. The summed E-state index contributed by atoms with van der Waals surface area (Å²) in [5.41, 5.74) is 0. The summed E-state index contributed by atoms with van der Waals surface area (Å²) in [6.07, 6.45) is 46.0. The highest BCUT2D eigenvalue weighted by molar-refractivity contribution is 5.87. The van der Waals surface area contributed by atoms with E-state index in [1.165, 1.54) is 83.5 Å². The molecule has 9 nitrogen and oxygen atoms in total. The van der Waals surface area contributed by atoms with Crippen LogP contribution in [0.5, 0.6) is 0 Å². The first-order valence-corrected chi connectivity index (χ1v) is 22.4. The second-order valence-electron chi connectivity index (χ2n) is 15.1. The molecule has 2 atom stereocenters. The Kier molecular flexibility index (Phi) is 38.5. The van der Waals surface area contributed by atoms with Crippen LogP contribution in [0.4, 0.5) is 0 Å². The van der Waals surface area contributed by atoms with E-state index in [0.717, 1.165) is 89.9 Å². The number of aliphatic hydroxyl groups excluding tert-OH is 1. The number of hydrogen-bond donors (Lipinski definition) is 4. The molecule has 0 aliphatic rings. The summed E-state index contributed by atoms with van der Waals surface area (Å²) < 4.78 is 6.00. The Bertz CT molecular complexity index is 1030. The highest BCUT2D eigenvalue weighted by Gasteiger charge is 2.19. The average molecular weight is 775 g/mol. The normalized spacial score (nSPS) is 12.8. The van der Waals surface area contributed by atoms with E-state index in [-0.39, 0.29) is 30.9 Å². The average Bonchev–Trinajstić information content (AvgIpc) is 3.17. The second-order valence-corrected chi connectivity index (χ2v) is 15.1. The minimum Gasteiger partial charge on any atom is -0.480 e. The number of carbonyl (C=O) groups is 4. The summed E-state index contributed by atoms with van der Waals surface area (Å²) in [5.74, 6) is -2.33. The van der Waals surface area contributed by atoms with Crippen LogP contribution in [0, 0.1) is 0 Å². The van der Waals surface area contributed by atoms with Gasteiger partial charge in [-0.3, -0.25) is 14.4 Å². The number of ether oxygens (including phenoxy) is 1. The molecule has 9 heteroatoms.